The highest BCUT2D eigenvalue weighted by molar-refractivity contribution is 5.92. The number of carboxylic acid groups (broad SMARTS) is 1. The van der Waals surface area contributed by atoms with Gasteiger partial charge in [0.25, 0.3) is 0 Å². The monoisotopic (exact) mass is 271 g/mol. The minimum Gasteiger partial charge on any atom is -0.476 e. The molecular formula is C15H17N3O2. The van der Waals surface area contributed by atoms with E-state index in [4.69, 9.17) is 0 Å². The molecule has 2 aliphatic carbocycles. The van der Waals surface area contributed by atoms with E-state index in [2.05, 4.69) is 10.3 Å². The maximum atomic E-state index is 11.5. The number of fused-ring (bicyclic) bond motifs is 1. The molecule has 2 aliphatic rings. The molecule has 0 unspecified atom stereocenters. The number of rotatable bonds is 5. The number of carbonyl (C=O) groups is 1. The first-order valence-electron chi connectivity index (χ1n) is 7.14. The standard InChI is InChI=1S/C15H17N3O2/c19-14(20)12-13(17-11-3-1-2-8-18(11)12)16-9-15(6-7-15)10-4-5-10/h1-3,8,10,16H,4-7,9H2,(H,19,20). The van der Waals surface area contributed by atoms with Gasteiger partial charge >= 0.3 is 5.97 Å². The summed E-state index contributed by atoms with van der Waals surface area (Å²) in [7, 11) is 0. The average Bonchev–Trinajstić information content (AvgIpc) is 3.31. The van der Waals surface area contributed by atoms with Gasteiger partial charge in [0.05, 0.1) is 0 Å². The van der Waals surface area contributed by atoms with Gasteiger partial charge in [0.1, 0.15) is 5.65 Å². The molecule has 4 rings (SSSR count). The van der Waals surface area contributed by atoms with E-state index in [0.29, 0.717) is 16.9 Å². The Kier molecular flexibility index (Phi) is 2.34. The van der Waals surface area contributed by atoms with Gasteiger partial charge in [-0.15, -0.1) is 0 Å². The van der Waals surface area contributed by atoms with Gasteiger partial charge in [-0.1, -0.05) is 6.07 Å². The Labute approximate surface area is 116 Å². The highest BCUT2D eigenvalue weighted by Crippen LogP contribution is 2.61. The van der Waals surface area contributed by atoms with Gasteiger partial charge in [-0.05, 0) is 49.1 Å². The van der Waals surface area contributed by atoms with Crippen LogP contribution >= 0.6 is 0 Å². The second-order valence-electron chi connectivity index (χ2n) is 6.03. The summed E-state index contributed by atoms with van der Waals surface area (Å²) in [4.78, 5) is 15.9. The molecule has 0 saturated heterocycles. The van der Waals surface area contributed by atoms with E-state index in [9.17, 15) is 9.90 Å². The molecule has 2 N–H and O–H groups in total. The molecule has 0 aliphatic heterocycles. The highest BCUT2D eigenvalue weighted by Gasteiger charge is 2.53. The van der Waals surface area contributed by atoms with Gasteiger partial charge in [0, 0.05) is 12.7 Å². The topological polar surface area (TPSA) is 66.6 Å². The molecule has 0 aromatic carbocycles. The smallest absolute Gasteiger partial charge is 0.356 e. The molecule has 0 radical (unpaired) electrons. The third-order valence-corrected chi connectivity index (χ3v) is 4.68. The number of hydrogen-bond donors (Lipinski definition) is 2. The molecule has 2 heterocycles. The van der Waals surface area contributed by atoms with Crippen molar-refractivity contribution in [2.45, 2.75) is 25.7 Å². The predicted molar refractivity (Wildman–Crippen MR) is 75.0 cm³/mol. The molecule has 0 amide bonds. The SMILES string of the molecule is O=C(O)c1c(NCC2(C3CC3)CC2)nc2ccccn12. The molecule has 2 aromatic heterocycles. The quantitative estimate of drug-likeness (QED) is 0.877. The van der Waals surface area contributed by atoms with Crippen molar-refractivity contribution in [3.8, 4) is 0 Å². The summed E-state index contributed by atoms with van der Waals surface area (Å²) in [6.45, 7) is 0.849. The van der Waals surface area contributed by atoms with Crippen LogP contribution in [0.25, 0.3) is 5.65 Å². The fourth-order valence-electron chi connectivity index (χ4n) is 3.17. The van der Waals surface area contributed by atoms with Crippen molar-refractivity contribution in [1.82, 2.24) is 9.38 Å². The van der Waals surface area contributed by atoms with Crippen LogP contribution in [0, 0.1) is 11.3 Å². The largest absolute Gasteiger partial charge is 0.476 e. The Bertz CT molecular complexity index is 683. The van der Waals surface area contributed by atoms with Crippen molar-refractivity contribution in [1.29, 1.82) is 0 Å². The zero-order chi connectivity index (χ0) is 13.7. The van der Waals surface area contributed by atoms with E-state index in [-0.39, 0.29) is 5.69 Å². The maximum Gasteiger partial charge on any atom is 0.356 e. The van der Waals surface area contributed by atoms with Crippen molar-refractivity contribution in [3.63, 3.8) is 0 Å². The molecule has 5 heteroatoms. The molecule has 0 bridgehead atoms. The Morgan fingerprint density at radius 1 is 1.45 bits per heavy atom. The van der Waals surface area contributed by atoms with Crippen LogP contribution in [0.1, 0.15) is 36.2 Å². The zero-order valence-corrected chi connectivity index (χ0v) is 11.2. The van der Waals surface area contributed by atoms with E-state index in [1.165, 1.54) is 25.7 Å². The van der Waals surface area contributed by atoms with Gasteiger partial charge in [-0.25, -0.2) is 9.78 Å². The Balaban J connectivity index is 1.65. The van der Waals surface area contributed by atoms with Crippen LogP contribution in [0.3, 0.4) is 0 Å². The van der Waals surface area contributed by atoms with E-state index in [0.717, 1.165) is 12.5 Å². The number of imidazole rings is 1. The summed E-state index contributed by atoms with van der Waals surface area (Å²) in [5, 5.41) is 12.7. The molecule has 2 fully saturated rings. The third-order valence-electron chi connectivity index (χ3n) is 4.68. The normalized spacial score (nSPS) is 20.0. The van der Waals surface area contributed by atoms with Crippen molar-refractivity contribution < 1.29 is 9.90 Å². The van der Waals surface area contributed by atoms with Crippen molar-refractivity contribution >= 4 is 17.4 Å². The van der Waals surface area contributed by atoms with Crippen molar-refractivity contribution in [2.75, 3.05) is 11.9 Å². The molecule has 20 heavy (non-hydrogen) atoms. The first-order valence-corrected chi connectivity index (χ1v) is 7.14. The Hall–Kier alpha value is -2.04. The average molecular weight is 271 g/mol. The first kappa shape index (κ1) is 11.8. The maximum absolute atomic E-state index is 11.5. The lowest BCUT2D eigenvalue weighted by atomic mass is 10.0. The van der Waals surface area contributed by atoms with E-state index < -0.39 is 5.97 Å². The summed E-state index contributed by atoms with van der Waals surface area (Å²) in [6.07, 6.45) is 6.93. The summed E-state index contributed by atoms with van der Waals surface area (Å²) >= 11 is 0. The predicted octanol–water partition coefficient (Wildman–Crippen LogP) is 2.63. The molecule has 5 nitrogen and oxygen atoms in total. The number of pyridine rings is 1. The van der Waals surface area contributed by atoms with Gasteiger partial charge in [-0.3, -0.25) is 4.40 Å². The van der Waals surface area contributed by atoms with Gasteiger partial charge in [0.15, 0.2) is 11.5 Å². The number of nitrogens with one attached hydrogen (secondary N) is 1. The lowest BCUT2D eigenvalue weighted by Gasteiger charge is -2.14. The van der Waals surface area contributed by atoms with Crippen LogP contribution in [-0.2, 0) is 0 Å². The third kappa shape index (κ3) is 1.77. The molecular weight excluding hydrogens is 254 g/mol. The second kappa shape index (κ2) is 3.98. The number of aromatic nitrogens is 2. The highest BCUT2D eigenvalue weighted by atomic mass is 16.4. The number of hydrogen-bond acceptors (Lipinski definition) is 3. The number of carboxylic acids is 1. The number of nitrogens with zero attached hydrogens (tertiary/aromatic N) is 2. The van der Waals surface area contributed by atoms with Gasteiger partial charge in [-0.2, -0.15) is 0 Å². The Morgan fingerprint density at radius 2 is 2.25 bits per heavy atom. The van der Waals surface area contributed by atoms with Crippen LogP contribution in [0.15, 0.2) is 24.4 Å². The minimum atomic E-state index is -0.942. The number of aromatic carboxylic acids is 1. The van der Waals surface area contributed by atoms with Crippen molar-refractivity contribution in [2.24, 2.45) is 11.3 Å². The summed E-state index contributed by atoms with van der Waals surface area (Å²) in [6, 6.07) is 5.51. The van der Waals surface area contributed by atoms with E-state index >= 15 is 0 Å². The van der Waals surface area contributed by atoms with Crippen LogP contribution in [0.2, 0.25) is 0 Å². The molecule has 104 valence electrons. The molecule has 0 spiro atoms. The van der Waals surface area contributed by atoms with Crippen molar-refractivity contribution in [3.05, 3.63) is 30.1 Å². The number of anilines is 1. The first-order chi connectivity index (χ1) is 9.70. The van der Waals surface area contributed by atoms with E-state index in [1.54, 1.807) is 10.6 Å². The summed E-state index contributed by atoms with van der Waals surface area (Å²) in [5.41, 5.74) is 1.32. The van der Waals surface area contributed by atoms with Gasteiger partial charge < -0.3 is 10.4 Å². The molecule has 2 aromatic rings. The molecule has 2 saturated carbocycles. The minimum absolute atomic E-state index is 0.229. The fraction of sp³-hybridized carbons (Fsp3) is 0.467. The Morgan fingerprint density at radius 3 is 2.90 bits per heavy atom. The van der Waals surface area contributed by atoms with Crippen LogP contribution < -0.4 is 5.32 Å². The van der Waals surface area contributed by atoms with Crippen LogP contribution in [-0.4, -0.2) is 27.0 Å². The summed E-state index contributed by atoms with van der Waals surface area (Å²) in [5.74, 6) is 0.401. The van der Waals surface area contributed by atoms with Gasteiger partial charge in [0.2, 0.25) is 0 Å². The lowest BCUT2D eigenvalue weighted by molar-refractivity contribution is 0.0690. The van der Waals surface area contributed by atoms with Crippen LogP contribution in [0.5, 0.6) is 0 Å². The zero-order valence-electron chi connectivity index (χ0n) is 11.2. The van der Waals surface area contributed by atoms with Crippen LogP contribution in [0.4, 0.5) is 5.82 Å². The second-order valence-corrected chi connectivity index (χ2v) is 6.03. The lowest BCUT2D eigenvalue weighted by Crippen LogP contribution is -2.19. The molecule has 0 atom stereocenters. The fourth-order valence-corrected chi connectivity index (χ4v) is 3.17. The summed E-state index contributed by atoms with van der Waals surface area (Å²) < 4.78 is 1.63. The van der Waals surface area contributed by atoms with E-state index in [1.807, 2.05) is 18.2 Å².